The van der Waals surface area contributed by atoms with Gasteiger partial charge in [-0.25, -0.2) is 14.4 Å². The van der Waals surface area contributed by atoms with Crippen molar-refractivity contribution < 1.29 is 43.5 Å². The predicted molar refractivity (Wildman–Crippen MR) is 28.5 cm³/mol. The molecule has 0 aromatic rings. The van der Waals surface area contributed by atoms with Crippen molar-refractivity contribution in [2.24, 2.45) is 0 Å². The van der Waals surface area contributed by atoms with E-state index in [0.717, 1.165) is 0 Å². The van der Waals surface area contributed by atoms with Crippen LogP contribution < -0.4 is 0 Å². The Kier molecular flexibility index (Phi) is 1.85. The van der Waals surface area contributed by atoms with Gasteiger partial charge in [0.15, 0.2) is 0 Å². The van der Waals surface area contributed by atoms with Crippen molar-refractivity contribution in [2.45, 2.75) is 6.16 Å². The molecule has 0 radical (unpaired) electrons. The molecule has 9 heteroatoms. The van der Waals surface area contributed by atoms with Gasteiger partial charge in [-0.15, -0.1) is 0 Å². The molecule has 0 aromatic heterocycles. The number of rotatable bonds is 2. The quantitative estimate of drug-likeness (QED) is 0.466. The molecule has 1 aliphatic heterocycles. The maximum Gasteiger partial charge on any atom is 0.629 e. The van der Waals surface area contributed by atoms with E-state index < -0.39 is 24.6 Å². The molecule has 0 bridgehead atoms. The minimum absolute atomic E-state index is 1.30. The van der Waals surface area contributed by atoms with Crippen LogP contribution in [-0.4, -0.2) is 34.8 Å². The van der Waals surface area contributed by atoms with E-state index in [-0.39, 0.29) is 0 Å². The summed E-state index contributed by atoms with van der Waals surface area (Å²) in [7, 11) is 0. The number of hydrogen-bond donors (Lipinski definition) is 2. The van der Waals surface area contributed by atoms with Crippen LogP contribution in [0.1, 0.15) is 0 Å². The third kappa shape index (κ3) is 1.89. The lowest BCUT2D eigenvalue weighted by Gasteiger charge is -2.32. The maximum absolute atomic E-state index is 10.1. The van der Waals surface area contributed by atoms with Gasteiger partial charge in [-0.05, 0) is 0 Å². The lowest BCUT2D eigenvalue weighted by atomic mass is 10.9. The molecule has 0 saturated carbocycles. The molecular weight excluding hydrogens is 192 g/mol. The van der Waals surface area contributed by atoms with Crippen molar-refractivity contribution in [3.05, 3.63) is 0 Å². The Morgan fingerprint density at radius 3 is 1.77 bits per heavy atom. The van der Waals surface area contributed by atoms with E-state index in [1.807, 2.05) is 0 Å². The summed E-state index contributed by atoms with van der Waals surface area (Å²) in [5, 5.41) is 16.1. The highest BCUT2D eigenvalue weighted by atomic mass is 17.1. The number of ether oxygens (including phenoxy) is 4. The van der Waals surface area contributed by atoms with Gasteiger partial charge in [-0.1, -0.05) is 0 Å². The molecule has 1 heterocycles. The fourth-order valence-corrected chi connectivity index (χ4v) is 0.530. The van der Waals surface area contributed by atoms with Crippen LogP contribution in [-0.2, 0) is 18.9 Å². The summed E-state index contributed by atoms with van der Waals surface area (Å²) in [5.41, 5.74) is 0. The van der Waals surface area contributed by atoms with E-state index in [9.17, 15) is 14.4 Å². The monoisotopic (exact) mass is 194 g/mol. The van der Waals surface area contributed by atoms with Crippen molar-refractivity contribution in [3.63, 3.8) is 0 Å². The van der Waals surface area contributed by atoms with Crippen LogP contribution in [0.3, 0.4) is 0 Å². The van der Waals surface area contributed by atoms with Crippen LogP contribution in [0.25, 0.3) is 0 Å². The molecule has 13 heavy (non-hydrogen) atoms. The SMILES string of the molecule is O=C(O)OC1(OC(=O)O)OC(=O)O1. The second-order valence-corrected chi connectivity index (χ2v) is 1.69. The van der Waals surface area contributed by atoms with Gasteiger partial charge in [-0.2, -0.15) is 0 Å². The normalized spacial score (nSPS) is 17.4. The zero-order valence-corrected chi connectivity index (χ0v) is 5.75. The smallest absolute Gasteiger partial charge is 0.449 e. The Balaban J connectivity index is 2.60. The molecule has 0 spiro atoms. The van der Waals surface area contributed by atoms with Crippen LogP contribution in [0.5, 0.6) is 0 Å². The highest BCUT2D eigenvalue weighted by Gasteiger charge is 2.60. The topological polar surface area (TPSA) is 129 Å². The molecular formula is C4H2O9. The van der Waals surface area contributed by atoms with E-state index in [1.165, 1.54) is 0 Å². The third-order valence-corrected chi connectivity index (χ3v) is 0.841. The first-order chi connectivity index (χ1) is 5.93. The Labute approximate surface area is 69.4 Å². The summed E-state index contributed by atoms with van der Waals surface area (Å²) in [6.45, 7) is 0. The molecule has 9 nitrogen and oxygen atoms in total. The van der Waals surface area contributed by atoms with Gasteiger partial charge in [0, 0.05) is 0 Å². The summed E-state index contributed by atoms with van der Waals surface area (Å²) in [6.07, 6.45) is -7.96. The minimum atomic E-state index is -2.81. The number of carbonyl (C=O) groups excluding carboxylic acids is 1. The zero-order valence-electron chi connectivity index (χ0n) is 5.75. The molecule has 0 unspecified atom stereocenters. The Hall–Kier alpha value is -2.19. The predicted octanol–water partition coefficient (Wildman–Crippen LogP) is 0.154. The third-order valence-electron chi connectivity index (χ3n) is 0.841. The van der Waals surface area contributed by atoms with Crippen molar-refractivity contribution >= 4 is 18.5 Å². The van der Waals surface area contributed by atoms with Gasteiger partial charge in [0.1, 0.15) is 0 Å². The molecule has 0 aliphatic carbocycles. The molecule has 1 aliphatic rings. The van der Waals surface area contributed by atoms with E-state index in [4.69, 9.17) is 10.2 Å². The van der Waals surface area contributed by atoms with Crippen molar-refractivity contribution in [1.29, 1.82) is 0 Å². The van der Waals surface area contributed by atoms with Crippen LogP contribution in [0, 0.1) is 0 Å². The summed E-state index contributed by atoms with van der Waals surface area (Å²) in [4.78, 5) is 29.9. The van der Waals surface area contributed by atoms with Crippen LogP contribution in [0.2, 0.25) is 0 Å². The second-order valence-electron chi connectivity index (χ2n) is 1.69. The molecule has 72 valence electrons. The Morgan fingerprint density at radius 1 is 1.15 bits per heavy atom. The summed E-state index contributed by atoms with van der Waals surface area (Å²) >= 11 is 0. The zero-order chi connectivity index (χ0) is 10.1. The second kappa shape index (κ2) is 2.69. The number of carbonyl (C=O) groups is 3. The van der Waals surface area contributed by atoms with Crippen molar-refractivity contribution in [2.75, 3.05) is 0 Å². The van der Waals surface area contributed by atoms with E-state index in [0.29, 0.717) is 0 Å². The van der Waals surface area contributed by atoms with Gasteiger partial charge in [0.05, 0.1) is 0 Å². The first-order valence-electron chi connectivity index (χ1n) is 2.69. The van der Waals surface area contributed by atoms with Gasteiger partial charge in [0.2, 0.25) is 0 Å². The van der Waals surface area contributed by atoms with E-state index in [2.05, 4.69) is 18.9 Å². The Morgan fingerprint density at radius 2 is 1.54 bits per heavy atom. The molecule has 1 saturated heterocycles. The Bertz CT molecular complexity index is 241. The molecule has 2 N–H and O–H groups in total. The largest absolute Gasteiger partial charge is 0.629 e. The average Bonchev–Trinajstić information content (AvgIpc) is 1.79. The van der Waals surface area contributed by atoms with Gasteiger partial charge in [0.25, 0.3) is 0 Å². The standard InChI is InChI=1S/C4H2O9/c5-1(6)10-4(11-2(7)8)12-3(9)13-4/h(H,5,6)(H,7,8). The summed E-state index contributed by atoms with van der Waals surface area (Å²) < 4.78 is 15.2. The first-order valence-corrected chi connectivity index (χ1v) is 2.69. The molecule has 1 fully saturated rings. The molecule has 0 amide bonds. The van der Waals surface area contributed by atoms with Crippen molar-refractivity contribution in [1.82, 2.24) is 0 Å². The molecule has 1 rings (SSSR count). The highest BCUT2D eigenvalue weighted by molar-refractivity contribution is 5.68. The fraction of sp³-hybridized carbons (Fsp3) is 0.250. The molecule has 0 atom stereocenters. The fourth-order valence-electron chi connectivity index (χ4n) is 0.530. The lowest BCUT2D eigenvalue weighted by Crippen LogP contribution is -2.56. The van der Waals surface area contributed by atoms with Crippen LogP contribution in [0.15, 0.2) is 0 Å². The highest BCUT2D eigenvalue weighted by Crippen LogP contribution is 2.28. The maximum atomic E-state index is 10.1. The van der Waals surface area contributed by atoms with Crippen LogP contribution in [0.4, 0.5) is 14.4 Å². The van der Waals surface area contributed by atoms with Crippen LogP contribution >= 0.6 is 0 Å². The number of cyclic esters (lactones) is 2. The van der Waals surface area contributed by atoms with E-state index in [1.54, 1.807) is 0 Å². The van der Waals surface area contributed by atoms with Gasteiger partial charge in [-0.3, -0.25) is 0 Å². The van der Waals surface area contributed by atoms with Crippen molar-refractivity contribution in [3.8, 4) is 0 Å². The number of carboxylic acid groups (broad SMARTS) is 2. The van der Waals surface area contributed by atoms with E-state index >= 15 is 0 Å². The summed E-state index contributed by atoms with van der Waals surface area (Å²) in [6, 6.07) is 0. The average molecular weight is 194 g/mol. The first kappa shape index (κ1) is 8.90. The van der Waals surface area contributed by atoms with Gasteiger partial charge < -0.3 is 29.2 Å². The lowest BCUT2D eigenvalue weighted by molar-refractivity contribution is -0.484. The number of hydrogen-bond acceptors (Lipinski definition) is 7. The summed E-state index contributed by atoms with van der Waals surface area (Å²) in [5.74, 6) is 0. The molecule has 0 aromatic carbocycles. The minimum Gasteiger partial charge on any atom is -0.449 e. The van der Waals surface area contributed by atoms with Gasteiger partial charge >= 0.3 is 24.6 Å².